The number of nitrogens with two attached hydrogens (primary N) is 1. The Kier molecular flexibility index (Phi) is 6.29. The first-order chi connectivity index (χ1) is 9.13. The van der Waals surface area contributed by atoms with Crippen molar-refractivity contribution in [3.05, 3.63) is 35.1 Å². The Morgan fingerprint density at radius 2 is 1.95 bits per heavy atom. The number of halogens is 1. The molecule has 0 heterocycles. The van der Waals surface area contributed by atoms with Crippen molar-refractivity contribution in [1.29, 1.82) is 0 Å². The van der Waals surface area contributed by atoms with Crippen molar-refractivity contribution in [1.82, 2.24) is 4.90 Å². The molecule has 0 atom stereocenters. The van der Waals surface area contributed by atoms with Gasteiger partial charge in [0.1, 0.15) is 5.82 Å². The Labute approximate surface area is 113 Å². The summed E-state index contributed by atoms with van der Waals surface area (Å²) < 4.78 is 14.3. The molecular weight excluding hydrogens is 245 g/mol. The zero-order chi connectivity index (χ0) is 14.3. The van der Waals surface area contributed by atoms with Crippen LogP contribution in [0, 0.1) is 5.82 Å². The molecule has 5 heteroatoms. The molecule has 0 radical (unpaired) electrons. The third-order valence-electron chi connectivity index (χ3n) is 2.94. The van der Waals surface area contributed by atoms with Crippen LogP contribution in [0.15, 0.2) is 23.4 Å². The van der Waals surface area contributed by atoms with Gasteiger partial charge in [-0.1, -0.05) is 31.1 Å². The van der Waals surface area contributed by atoms with E-state index in [1.807, 2.05) is 0 Å². The molecule has 0 bridgehead atoms. The van der Waals surface area contributed by atoms with E-state index in [4.69, 9.17) is 10.9 Å². The Bertz CT molecular complexity index is 429. The molecule has 0 aliphatic rings. The summed E-state index contributed by atoms with van der Waals surface area (Å²) in [6.07, 6.45) is 2.06. The second-order valence-corrected chi connectivity index (χ2v) is 4.54. The lowest BCUT2D eigenvalue weighted by Gasteiger charge is -2.21. The minimum Gasteiger partial charge on any atom is -0.409 e. The first kappa shape index (κ1) is 15.4. The first-order valence-corrected chi connectivity index (χ1v) is 6.61. The maximum Gasteiger partial charge on any atom is 0.173 e. The van der Waals surface area contributed by atoms with E-state index in [1.54, 1.807) is 12.1 Å². The second kappa shape index (κ2) is 7.74. The zero-order valence-corrected chi connectivity index (χ0v) is 11.6. The Morgan fingerprint density at radius 3 is 2.47 bits per heavy atom. The van der Waals surface area contributed by atoms with Gasteiger partial charge in [0.25, 0.3) is 0 Å². The molecule has 4 nitrogen and oxygen atoms in total. The number of oxime groups is 1. The van der Waals surface area contributed by atoms with E-state index in [-0.39, 0.29) is 11.4 Å². The largest absolute Gasteiger partial charge is 0.409 e. The maximum atomic E-state index is 14.3. The van der Waals surface area contributed by atoms with Crippen molar-refractivity contribution >= 4 is 5.84 Å². The van der Waals surface area contributed by atoms with Crippen LogP contribution in [0.3, 0.4) is 0 Å². The van der Waals surface area contributed by atoms with E-state index in [2.05, 4.69) is 23.9 Å². The van der Waals surface area contributed by atoms with Gasteiger partial charge in [-0.05, 0) is 32.0 Å². The highest BCUT2D eigenvalue weighted by Crippen LogP contribution is 2.15. The topological polar surface area (TPSA) is 61.8 Å². The molecule has 0 saturated carbocycles. The number of nitrogens with zero attached hydrogens (tertiary/aromatic N) is 2. The van der Waals surface area contributed by atoms with Crippen LogP contribution in [0.2, 0.25) is 0 Å². The smallest absolute Gasteiger partial charge is 0.173 e. The highest BCUT2D eigenvalue weighted by atomic mass is 19.1. The van der Waals surface area contributed by atoms with E-state index in [0.717, 1.165) is 25.9 Å². The van der Waals surface area contributed by atoms with Crippen LogP contribution in [0.5, 0.6) is 0 Å². The van der Waals surface area contributed by atoms with E-state index in [0.29, 0.717) is 12.1 Å². The van der Waals surface area contributed by atoms with Crippen molar-refractivity contribution in [3.8, 4) is 0 Å². The zero-order valence-electron chi connectivity index (χ0n) is 11.6. The van der Waals surface area contributed by atoms with Gasteiger partial charge in [-0.3, -0.25) is 4.90 Å². The lowest BCUT2D eigenvalue weighted by atomic mass is 10.1. The van der Waals surface area contributed by atoms with E-state index in [9.17, 15) is 4.39 Å². The number of amidine groups is 1. The molecule has 0 unspecified atom stereocenters. The summed E-state index contributed by atoms with van der Waals surface area (Å²) in [7, 11) is 0. The summed E-state index contributed by atoms with van der Waals surface area (Å²) >= 11 is 0. The van der Waals surface area contributed by atoms with Crippen molar-refractivity contribution in [3.63, 3.8) is 0 Å². The number of rotatable bonds is 7. The van der Waals surface area contributed by atoms with Crippen LogP contribution in [0.1, 0.15) is 37.8 Å². The van der Waals surface area contributed by atoms with Crippen LogP contribution in [0.4, 0.5) is 4.39 Å². The van der Waals surface area contributed by atoms with Crippen molar-refractivity contribution in [2.45, 2.75) is 33.2 Å². The minimum atomic E-state index is -0.407. The Hall–Kier alpha value is -1.62. The van der Waals surface area contributed by atoms with Gasteiger partial charge in [0.2, 0.25) is 0 Å². The number of hydrogen-bond donors (Lipinski definition) is 2. The van der Waals surface area contributed by atoms with Gasteiger partial charge in [0.15, 0.2) is 5.84 Å². The molecule has 0 fully saturated rings. The quantitative estimate of drug-likeness (QED) is 0.345. The summed E-state index contributed by atoms with van der Waals surface area (Å²) in [5.74, 6) is -0.605. The number of hydrogen-bond acceptors (Lipinski definition) is 3. The molecule has 106 valence electrons. The Morgan fingerprint density at radius 1 is 1.32 bits per heavy atom. The third kappa shape index (κ3) is 4.21. The van der Waals surface area contributed by atoms with Gasteiger partial charge in [-0.2, -0.15) is 0 Å². The van der Waals surface area contributed by atoms with Gasteiger partial charge in [-0.25, -0.2) is 4.39 Å². The standard InChI is InChI=1S/C14H22FN3O/c1-3-8-18(9-4-2)10-11-6-5-7-12(13(11)15)14(16)17-19/h5-7,19H,3-4,8-10H2,1-2H3,(H2,16,17). The van der Waals surface area contributed by atoms with E-state index >= 15 is 0 Å². The lowest BCUT2D eigenvalue weighted by molar-refractivity contribution is 0.262. The maximum absolute atomic E-state index is 14.3. The van der Waals surface area contributed by atoms with Crippen molar-refractivity contribution in [2.24, 2.45) is 10.9 Å². The predicted molar refractivity (Wildman–Crippen MR) is 74.8 cm³/mol. The van der Waals surface area contributed by atoms with E-state index < -0.39 is 5.82 Å². The van der Waals surface area contributed by atoms with Crippen LogP contribution in [-0.2, 0) is 6.54 Å². The van der Waals surface area contributed by atoms with Crippen molar-refractivity contribution < 1.29 is 9.60 Å². The number of benzene rings is 1. The van der Waals surface area contributed by atoms with Crippen LogP contribution < -0.4 is 5.73 Å². The SMILES string of the molecule is CCCN(CCC)Cc1cccc(/C(N)=N/O)c1F. The molecule has 0 spiro atoms. The van der Waals surface area contributed by atoms with Gasteiger partial charge < -0.3 is 10.9 Å². The molecule has 1 aromatic rings. The monoisotopic (exact) mass is 267 g/mol. The lowest BCUT2D eigenvalue weighted by Crippen LogP contribution is -2.26. The van der Waals surface area contributed by atoms with Crippen LogP contribution >= 0.6 is 0 Å². The van der Waals surface area contributed by atoms with Crippen LogP contribution in [0.25, 0.3) is 0 Å². The van der Waals surface area contributed by atoms with Gasteiger partial charge in [0, 0.05) is 12.1 Å². The Balaban J connectivity index is 2.94. The van der Waals surface area contributed by atoms with Gasteiger partial charge >= 0.3 is 0 Å². The fourth-order valence-corrected chi connectivity index (χ4v) is 2.10. The molecular formula is C14H22FN3O. The fraction of sp³-hybridized carbons (Fsp3) is 0.500. The van der Waals surface area contributed by atoms with Gasteiger partial charge in [0.05, 0.1) is 5.56 Å². The third-order valence-corrected chi connectivity index (χ3v) is 2.94. The van der Waals surface area contributed by atoms with Crippen LogP contribution in [-0.4, -0.2) is 29.0 Å². The summed E-state index contributed by atoms with van der Waals surface area (Å²) in [6, 6.07) is 4.97. The summed E-state index contributed by atoms with van der Waals surface area (Å²) in [5.41, 5.74) is 6.18. The molecule has 1 rings (SSSR count). The normalized spacial score (nSPS) is 12.1. The molecule has 3 N–H and O–H groups in total. The summed E-state index contributed by atoms with van der Waals surface area (Å²) in [6.45, 7) is 6.61. The summed E-state index contributed by atoms with van der Waals surface area (Å²) in [5, 5.41) is 11.5. The minimum absolute atomic E-state index is 0.146. The fourth-order valence-electron chi connectivity index (χ4n) is 2.10. The molecule has 0 aliphatic carbocycles. The molecule has 0 amide bonds. The molecule has 0 saturated heterocycles. The molecule has 0 aromatic heterocycles. The summed E-state index contributed by atoms with van der Waals surface area (Å²) in [4.78, 5) is 2.20. The average Bonchev–Trinajstić information content (AvgIpc) is 2.41. The average molecular weight is 267 g/mol. The first-order valence-electron chi connectivity index (χ1n) is 6.61. The molecule has 0 aliphatic heterocycles. The van der Waals surface area contributed by atoms with Gasteiger partial charge in [-0.15, -0.1) is 0 Å². The second-order valence-electron chi connectivity index (χ2n) is 4.54. The van der Waals surface area contributed by atoms with E-state index in [1.165, 1.54) is 6.07 Å². The molecule has 19 heavy (non-hydrogen) atoms. The predicted octanol–water partition coefficient (Wildman–Crippen LogP) is 2.54. The molecule has 1 aromatic carbocycles. The highest BCUT2D eigenvalue weighted by molar-refractivity contribution is 5.97. The highest BCUT2D eigenvalue weighted by Gasteiger charge is 2.13. The van der Waals surface area contributed by atoms with Crippen molar-refractivity contribution in [2.75, 3.05) is 13.1 Å².